The lowest BCUT2D eigenvalue weighted by atomic mass is 10.3. The molecular weight excluding hydrogens is 405 g/mol. The first-order valence-corrected chi connectivity index (χ1v) is 8.04. The number of halogens is 3. The molecule has 120 valence electrons. The number of benzene rings is 2. The van der Waals surface area contributed by atoms with E-state index in [-0.39, 0.29) is 6.54 Å². The zero-order chi connectivity index (χ0) is 16.8. The van der Waals surface area contributed by atoms with Gasteiger partial charge in [-0.2, -0.15) is 0 Å². The summed E-state index contributed by atoms with van der Waals surface area (Å²) < 4.78 is 0.904. The molecule has 0 unspecified atom stereocenters. The van der Waals surface area contributed by atoms with Crippen LogP contribution in [0.2, 0.25) is 10.0 Å². The summed E-state index contributed by atoms with van der Waals surface area (Å²) in [7, 11) is 0. The van der Waals surface area contributed by atoms with Gasteiger partial charge in [0.2, 0.25) is 5.91 Å². The van der Waals surface area contributed by atoms with Crippen LogP contribution < -0.4 is 16.0 Å². The zero-order valence-electron chi connectivity index (χ0n) is 11.7. The molecule has 0 saturated carbocycles. The number of anilines is 2. The Morgan fingerprint density at radius 1 is 1.00 bits per heavy atom. The highest BCUT2D eigenvalue weighted by Gasteiger charge is 2.08. The number of hydrogen-bond donors (Lipinski definition) is 3. The van der Waals surface area contributed by atoms with E-state index in [1.54, 1.807) is 36.4 Å². The lowest BCUT2D eigenvalue weighted by Gasteiger charge is -2.10. The number of carbonyl (C=O) groups excluding carboxylic acids is 2. The molecule has 5 nitrogen and oxygen atoms in total. The molecular formula is C15H12BrCl2N3O2. The van der Waals surface area contributed by atoms with Gasteiger partial charge in [-0.25, -0.2) is 4.79 Å². The van der Waals surface area contributed by atoms with E-state index in [9.17, 15) is 9.59 Å². The van der Waals surface area contributed by atoms with E-state index in [1.165, 1.54) is 6.07 Å². The summed E-state index contributed by atoms with van der Waals surface area (Å²) in [6.07, 6.45) is 0. The zero-order valence-corrected chi connectivity index (χ0v) is 14.8. The Labute approximate surface area is 151 Å². The SMILES string of the molecule is O=C(CNC(=O)Nc1ccc(Br)cc1)Nc1cc(Cl)ccc1Cl. The fraction of sp³-hybridized carbons (Fsp3) is 0.0667. The summed E-state index contributed by atoms with van der Waals surface area (Å²) in [6.45, 7) is -0.203. The summed E-state index contributed by atoms with van der Waals surface area (Å²) in [5.41, 5.74) is 1.00. The van der Waals surface area contributed by atoms with Crippen LogP contribution in [-0.4, -0.2) is 18.5 Å². The highest BCUT2D eigenvalue weighted by atomic mass is 79.9. The summed E-state index contributed by atoms with van der Waals surface area (Å²) in [5, 5.41) is 8.45. The minimum absolute atomic E-state index is 0.203. The van der Waals surface area contributed by atoms with Gasteiger partial charge in [0, 0.05) is 15.2 Å². The molecule has 0 aliphatic carbocycles. The quantitative estimate of drug-likeness (QED) is 0.685. The fourth-order valence-corrected chi connectivity index (χ4v) is 2.26. The molecule has 8 heteroatoms. The predicted molar refractivity (Wildman–Crippen MR) is 96.3 cm³/mol. The van der Waals surface area contributed by atoms with Gasteiger partial charge in [0.15, 0.2) is 0 Å². The third-order valence-corrected chi connectivity index (χ3v) is 3.81. The van der Waals surface area contributed by atoms with Crippen LogP contribution in [0.1, 0.15) is 0 Å². The molecule has 0 aromatic heterocycles. The van der Waals surface area contributed by atoms with Gasteiger partial charge in [-0.15, -0.1) is 0 Å². The molecule has 0 saturated heterocycles. The maximum Gasteiger partial charge on any atom is 0.319 e. The van der Waals surface area contributed by atoms with Crippen LogP contribution >= 0.6 is 39.1 Å². The van der Waals surface area contributed by atoms with E-state index in [2.05, 4.69) is 31.9 Å². The maximum absolute atomic E-state index is 11.8. The van der Waals surface area contributed by atoms with Crippen LogP contribution in [0.25, 0.3) is 0 Å². The van der Waals surface area contributed by atoms with E-state index < -0.39 is 11.9 Å². The van der Waals surface area contributed by atoms with Gasteiger partial charge in [0.05, 0.1) is 17.3 Å². The Bertz CT molecular complexity index is 723. The van der Waals surface area contributed by atoms with Crippen LogP contribution in [-0.2, 0) is 4.79 Å². The minimum atomic E-state index is -0.486. The van der Waals surface area contributed by atoms with E-state index >= 15 is 0 Å². The molecule has 0 aliphatic rings. The molecule has 0 fully saturated rings. The van der Waals surface area contributed by atoms with Gasteiger partial charge < -0.3 is 16.0 Å². The van der Waals surface area contributed by atoms with E-state index in [1.807, 2.05) is 0 Å². The summed E-state index contributed by atoms with van der Waals surface area (Å²) in [5.74, 6) is -0.417. The Morgan fingerprint density at radius 2 is 1.70 bits per heavy atom. The number of carbonyl (C=O) groups is 2. The second-order valence-electron chi connectivity index (χ2n) is 4.49. The van der Waals surface area contributed by atoms with Crippen molar-refractivity contribution < 1.29 is 9.59 Å². The van der Waals surface area contributed by atoms with Gasteiger partial charge in [0.1, 0.15) is 0 Å². The van der Waals surface area contributed by atoms with Crippen molar-refractivity contribution in [3.63, 3.8) is 0 Å². The van der Waals surface area contributed by atoms with Crippen molar-refractivity contribution in [1.29, 1.82) is 0 Å². The van der Waals surface area contributed by atoms with Crippen molar-refractivity contribution >= 4 is 62.4 Å². The number of nitrogens with one attached hydrogen (secondary N) is 3. The van der Waals surface area contributed by atoms with Crippen LogP contribution in [0.5, 0.6) is 0 Å². The third kappa shape index (κ3) is 5.74. The van der Waals surface area contributed by atoms with Gasteiger partial charge in [0.25, 0.3) is 0 Å². The topological polar surface area (TPSA) is 70.2 Å². The molecule has 0 spiro atoms. The second kappa shape index (κ2) is 8.19. The number of amides is 3. The van der Waals surface area contributed by atoms with Crippen molar-refractivity contribution in [3.8, 4) is 0 Å². The average Bonchev–Trinajstić information content (AvgIpc) is 2.51. The van der Waals surface area contributed by atoms with Gasteiger partial charge in [-0.1, -0.05) is 39.1 Å². The second-order valence-corrected chi connectivity index (χ2v) is 6.25. The molecule has 0 bridgehead atoms. The maximum atomic E-state index is 11.8. The highest BCUT2D eigenvalue weighted by molar-refractivity contribution is 9.10. The molecule has 3 amide bonds. The van der Waals surface area contributed by atoms with Gasteiger partial charge in [-0.05, 0) is 42.5 Å². The summed E-state index contributed by atoms with van der Waals surface area (Å²) in [6, 6.07) is 11.3. The minimum Gasteiger partial charge on any atom is -0.329 e. The molecule has 0 radical (unpaired) electrons. The van der Waals surface area contributed by atoms with Crippen LogP contribution in [0.4, 0.5) is 16.2 Å². The first-order chi connectivity index (χ1) is 10.9. The van der Waals surface area contributed by atoms with Crippen molar-refractivity contribution in [2.45, 2.75) is 0 Å². The van der Waals surface area contributed by atoms with Crippen molar-refractivity contribution in [1.82, 2.24) is 5.32 Å². The lowest BCUT2D eigenvalue weighted by Crippen LogP contribution is -2.35. The van der Waals surface area contributed by atoms with E-state index in [0.29, 0.717) is 21.4 Å². The number of urea groups is 1. The molecule has 0 heterocycles. The number of hydrogen-bond acceptors (Lipinski definition) is 2. The first kappa shape index (κ1) is 17.6. The number of rotatable bonds is 4. The first-order valence-electron chi connectivity index (χ1n) is 6.49. The van der Waals surface area contributed by atoms with Gasteiger partial charge in [-0.3, -0.25) is 4.79 Å². The molecule has 3 N–H and O–H groups in total. The standard InChI is InChI=1S/C15H12BrCl2N3O2/c16-9-1-4-11(5-2-9)20-15(23)19-8-14(22)21-13-7-10(17)3-6-12(13)18/h1-7H,8H2,(H,21,22)(H2,19,20,23). The monoisotopic (exact) mass is 415 g/mol. The Balaban J connectivity index is 1.83. The Kier molecular flexibility index (Phi) is 6.27. The van der Waals surface area contributed by atoms with E-state index in [0.717, 1.165) is 4.47 Å². The van der Waals surface area contributed by atoms with Crippen molar-refractivity contribution in [2.24, 2.45) is 0 Å². The van der Waals surface area contributed by atoms with Crippen molar-refractivity contribution in [3.05, 3.63) is 57.0 Å². The van der Waals surface area contributed by atoms with Gasteiger partial charge >= 0.3 is 6.03 Å². The predicted octanol–water partition coefficient (Wildman–Crippen LogP) is 4.52. The molecule has 0 aliphatic heterocycles. The normalized spacial score (nSPS) is 10.0. The molecule has 2 aromatic carbocycles. The lowest BCUT2D eigenvalue weighted by molar-refractivity contribution is -0.115. The Hall–Kier alpha value is -1.76. The third-order valence-electron chi connectivity index (χ3n) is 2.71. The largest absolute Gasteiger partial charge is 0.329 e. The summed E-state index contributed by atoms with van der Waals surface area (Å²) >= 11 is 15.1. The molecule has 0 atom stereocenters. The summed E-state index contributed by atoms with van der Waals surface area (Å²) in [4.78, 5) is 23.5. The Morgan fingerprint density at radius 3 is 2.39 bits per heavy atom. The average molecular weight is 417 g/mol. The fourth-order valence-electron chi connectivity index (χ4n) is 1.66. The van der Waals surface area contributed by atoms with Crippen molar-refractivity contribution in [2.75, 3.05) is 17.2 Å². The van der Waals surface area contributed by atoms with Crippen LogP contribution in [0.15, 0.2) is 46.9 Å². The van der Waals surface area contributed by atoms with Crippen LogP contribution in [0, 0.1) is 0 Å². The highest BCUT2D eigenvalue weighted by Crippen LogP contribution is 2.25. The smallest absolute Gasteiger partial charge is 0.319 e. The molecule has 2 rings (SSSR count). The van der Waals surface area contributed by atoms with Crippen LogP contribution in [0.3, 0.4) is 0 Å². The van der Waals surface area contributed by atoms with E-state index in [4.69, 9.17) is 23.2 Å². The molecule has 2 aromatic rings. The molecule has 23 heavy (non-hydrogen) atoms.